The number of hydrogen-bond donors (Lipinski definition) is 0. The smallest absolute Gasteiger partial charge is 0.196 e. The largest absolute Gasteiger partial charge is 0.449 e. The third kappa shape index (κ3) is 7.94. The van der Waals surface area contributed by atoms with Gasteiger partial charge in [-0.2, -0.15) is 0 Å². The standard InChI is InChI=1S/C19H18O2S.C5H11IOS/c1-3-14-8-10-15(11-9-14)12-22-19-13(2)18(20)16-6-4-5-7-17(16)21-19;1-2-3-4-5-7-8-6/h4-11H,3,12H2,1-2H3;2-5H2,1H3. The van der Waals surface area contributed by atoms with Crippen LogP contribution < -0.4 is 5.43 Å². The van der Waals surface area contributed by atoms with Crippen LogP contribution in [0, 0.1) is 6.92 Å². The Balaban J connectivity index is 0.000000343. The van der Waals surface area contributed by atoms with Gasteiger partial charge < -0.3 is 8.60 Å². The molecule has 0 saturated carbocycles. The quantitative estimate of drug-likeness (QED) is 0.115. The first-order chi connectivity index (χ1) is 14.6. The normalized spacial score (nSPS) is 10.7. The molecule has 0 saturated heterocycles. The van der Waals surface area contributed by atoms with E-state index in [2.05, 4.69) is 59.3 Å². The lowest BCUT2D eigenvalue weighted by Crippen LogP contribution is -2.06. The van der Waals surface area contributed by atoms with E-state index in [0.717, 1.165) is 18.8 Å². The van der Waals surface area contributed by atoms with Crippen LogP contribution in [0.3, 0.4) is 0 Å². The first kappa shape index (κ1) is 25.3. The monoisotopic (exact) mass is 556 g/mol. The predicted molar refractivity (Wildman–Crippen MR) is 140 cm³/mol. The summed E-state index contributed by atoms with van der Waals surface area (Å²) in [5.74, 6) is 0.798. The summed E-state index contributed by atoms with van der Waals surface area (Å²) >= 11 is 3.71. The van der Waals surface area contributed by atoms with Gasteiger partial charge in [0, 0.05) is 32.5 Å². The van der Waals surface area contributed by atoms with Crippen molar-refractivity contribution < 1.29 is 8.60 Å². The average Bonchev–Trinajstić information content (AvgIpc) is 2.79. The molecule has 0 aliphatic heterocycles. The van der Waals surface area contributed by atoms with Gasteiger partial charge in [0.15, 0.2) is 10.5 Å². The molecular formula is C24H29IO3S2. The fourth-order valence-electron chi connectivity index (χ4n) is 2.81. The number of thioether (sulfide) groups is 1. The molecule has 0 aliphatic rings. The van der Waals surface area contributed by atoms with Crippen LogP contribution in [0.4, 0.5) is 0 Å². The summed E-state index contributed by atoms with van der Waals surface area (Å²) in [5, 5.41) is 1.36. The Kier molecular flexibility index (Phi) is 11.9. The molecule has 0 fully saturated rings. The van der Waals surface area contributed by atoms with E-state index in [0.29, 0.717) is 21.6 Å². The second-order valence-electron chi connectivity index (χ2n) is 6.89. The van der Waals surface area contributed by atoms with E-state index in [1.165, 1.54) is 39.6 Å². The first-order valence-corrected chi connectivity index (χ1v) is 14.5. The Morgan fingerprint density at radius 3 is 2.37 bits per heavy atom. The second-order valence-corrected chi connectivity index (χ2v) is 9.28. The third-order valence-electron chi connectivity index (χ3n) is 4.66. The Bertz CT molecular complexity index is 949. The summed E-state index contributed by atoms with van der Waals surface area (Å²) in [6, 6.07) is 16.0. The number of para-hydroxylation sites is 1. The molecule has 3 rings (SSSR count). The van der Waals surface area contributed by atoms with Crippen molar-refractivity contribution in [3.05, 3.63) is 75.4 Å². The molecule has 0 N–H and O–H groups in total. The number of benzene rings is 2. The fourth-order valence-corrected chi connectivity index (χ4v) is 4.48. The molecule has 2 aromatic carbocycles. The van der Waals surface area contributed by atoms with Crippen molar-refractivity contribution in [3.8, 4) is 0 Å². The Labute approximate surface area is 200 Å². The van der Waals surface area contributed by atoms with Crippen LogP contribution in [0.15, 0.2) is 62.8 Å². The molecular weight excluding hydrogens is 527 g/mol. The second kappa shape index (κ2) is 14.2. The summed E-state index contributed by atoms with van der Waals surface area (Å²) in [6.45, 7) is 7.08. The number of rotatable bonds is 9. The van der Waals surface area contributed by atoms with Crippen molar-refractivity contribution in [2.24, 2.45) is 0 Å². The lowest BCUT2D eigenvalue weighted by Gasteiger charge is -2.07. The van der Waals surface area contributed by atoms with Crippen LogP contribution >= 0.6 is 42.2 Å². The van der Waals surface area contributed by atoms with Gasteiger partial charge in [-0.15, -0.1) is 0 Å². The van der Waals surface area contributed by atoms with E-state index in [4.69, 9.17) is 8.60 Å². The topological polar surface area (TPSA) is 39.4 Å². The zero-order chi connectivity index (χ0) is 21.8. The minimum atomic E-state index is 0.0608. The van der Waals surface area contributed by atoms with Gasteiger partial charge in [0.2, 0.25) is 0 Å². The van der Waals surface area contributed by atoms with E-state index in [1.807, 2.05) is 31.2 Å². The van der Waals surface area contributed by atoms with Crippen molar-refractivity contribution in [3.63, 3.8) is 0 Å². The molecule has 0 amide bonds. The van der Waals surface area contributed by atoms with Gasteiger partial charge in [-0.25, -0.2) is 0 Å². The van der Waals surface area contributed by atoms with Crippen molar-refractivity contribution in [2.45, 2.75) is 57.3 Å². The van der Waals surface area contributed by atoms with E-state index >= 15 is 0 Å². The van der Waals surface area contributed by atoms with Gasteiger partial charge in [-0.3, -0.25) is 4.79 Å². The fraction of sp³-hybridized carbons (Fsp3) is 0.375. The van der Waals surface area contributed by atoms with Crippen molar-refractivity contribution in [1.82, 2.24) is 0 Å². The lowest BCUT2D eigenvalue weighted by atomic mass is 10.1. The molecule has 30 heavy (non-hydrogen) atoms. The molecule has 3 nitrogen and oxygen atoms in total. The van der Waals surface area contributed by atoms with Gasteiger partial charge in [-0.1, -0.05) is 74.8 Å². The predicted octanol–water partition coefficient (Wildman–Crippen LogP) is 8.15. The molecule has 0 aliphatic carbocycles. The third-order valence-corrected chi connectivity index (χ3v) is 6.81. The van der Waals surface area contributed by atoms with E-state index in [-0.39, 0.29) is 5.43 Å². The zero-order valence-corrected chi connectivity index (χ0v) is 21.6. The highest BCUT2D eigenvalue weighted by Crippen LogP contribution is 2.27. The maximum Gasteiger partial charge on any atom is 0.196 e. The Morgan fingerprint density at radius 1 is 1.00 bits per heavy atom. The molecule has 3 aromatic rings. The average molecular weight is 557 g/mol. The van der Waals surface area contributed by atoms with Gasteiger partial charge in [0.1, 0.15) is 5.58 Å². The van der Waals surface area contributed by atoms with Gasteiger partial charge in [-0.05, 0) is 43.0 Å². The Hall–Kier alpha value is -0.960. The molecule has 0 atom stereocenters. The molecule has 0 bridgehead atoms. The molecule has 0 radical (unpaired) electrons. The molecule has 1 aromatic heterocycles. The number of hydrogen-bond acceptors (Lipinski definition) is 5. The van der Waals surface area contributed by atoms with E-state index < -0.39 is 0 Å². The first-order valence-electron chi connectivity index (χ1n) is 10.2. The van der Waals surface area contributed by atoms with Gasteiger partial charge in [0.05, 0.1) is 21.2 Å². The summed E-state index contributed by atoms with van der Waals surface area (Å²) in [7, 11) is 1.42. The highest BCUT2D eigenvalue weighted by Gasteiger charge is 2.11. The van der Waals surface area contributed by atoms with Crippen LogP contribution in [-0.2, 0) is 16.4 Å². The van der Waals surface area contributed by atoms with Gasteiger partial charge in [0.25, 0.3) is 0 Å². The summed E-state index contributed by atoms with van der Waals surface area (Å²) in [5.41, 5.74) is 3.97. The van der Waals surface area contributed by atoms with Crippen molar-refractivity contribution in [2.75, 3.05) is 6.61 Å². The van der Waals surface area contributed by atoms with Crippen LogP contribution in [0.1, 0.15) is 49.8 Å². The number of halogens is 1. The molecule has 6 heteroatoms. The van der Waals surface area contributed by atoms with Crippen molar-refractivity contribution >= 4 is 53.2 Å². The number of aryl methyl sites for hydroxylation is 1. The molecule has 162 valence electrons. The molecule has 1 heterocycles. The van der Waals surface area contributed by atoms with Crippen LogP contribution in [0.5, 0.6) is 0 Å². The van der Waals surface area contributed by atoms with Crippen molar-refractivity contribution in [1.29, 1.82) is 0 Å². The summed E-state index contributed by atoms with van der Waals surface area (Å²) in [4.78, 5) is 12.4. The number of fused-ring (bicyclic) bond motifs is 1. The van der Waals surface area contributed by atoms with Gasteiger partial charge >= 0.3 is 0 Å². The Morgan fingerprint density at radius 2 is 1.70 bits per heavy atom. The van der Waals surface area contributed by atoms with Crippen LogP contribution in [-0.4, -0.2) is 6.61 Å². The highest BCUT2D eigenvalue weighted by atomic mass is 127. The highest BCUT2D eigenvalue weighted by molar-refractivity contribution is 14.2. The minimum absolute atomic E-state index is 0.0608. The molecule has 0 unspecified atom stereocenters. The maximum absolute atomic E-state index is 12.4. The lowest BCUT2D eigenvalue weighted by molar-refractivity contribution is 0.364. The number of unbranched alkanes of at least 4 members (excludes halogenated alkanes) is 2. The van der Waals surface area contributed by atoms with E-state index in [9.17, 15) is 4.79 Å². The van der Waals surface area contributed by atoms with Crippen LogP contribution in [0.2, 0.25) is 0 Å². The minimum Gasteiger partial charge on any atom is -0.449 e. The molecule has 0 spiro atoms. The zero-order valence-electron chi connectivity index (χ0n) is 17.8. The van der Waals surface area contributed by atoms with Crippen LogP contribution in [0.25, 0.3) is 11.0 Å². The summed E-state index contributed by atoms with van der Waals surface area (Å²) in [6.07, 6.45) is 4.81. The maximum atomic E-state index is 12.4. The van der Waals surface area contributed by atoms with E-state index in [1.54, 1.807) is 11.8 Å². The summed E-state index contributed by atoms with van der Waals surface area (Å²) < 4.78 is 10.9. The SMILES string of the molecule is CCCCCOSI.CCc1ccc(CSc2oc3ccccc3c(=O)c2C)cc1.